The molecule has 0 radical (unpaired) electrons. The monoisotopic (exact) mass is 400 g/mol. The van der Waals surface area contributed by atoms with Crippen molar-refractivity contribution in [2.75, 3.05) is 14.1 Å². The van der Waals surface area contributed by atoms with Gasteiger partial charge in [-0.2, -0.15) is 0 Å². The lowest BCUT2D eigenvalue weighted by molar-refractivity contribution is 0.0939. The molecule has 0 aromatic heterocycles. The Morgan fingerprint density at radius 3 is 2.40 bits per heavy atom. The number of carbonyl (C=O) groups is 1. The van der Waals surface area contributed by atoms with Crippen LogP contribution in [0.15, 0.2) is 47.4 Å². The second-order valence-corrected chi connectivity index (χ2v) is 8.65. The number of sulfonamides is 1. The molecule has 1 amide bonds. The molecule has 1 N–H and O–H groups in total. The van der Waals surface area contributed by atoms with E-state index in [9.17, 15) is 13.2 Å². The van der Waals surface area contributed by atoms with Crippen molar-refractivity contribution in [2.45, 2.75) is 17.9 Å². The second-order valence-electron chi connectivity index (χ2n) is 5.68. The van der Waals surface area contributed by atoms with Gasteiger partial charge < -0.3 is 5.32 Å². The molecule has 0 aliphatic rings. The minimum absolute atomic E-state index is 0.0631. The van der Waals surface area contributed by atoms with E-state index in [1.165, 1.54) is 32.3 Å². The number of carbonyl (C=O) groups excluding carboxylic acids is 1. The Kier molecular flexibility index (Phi) is 6.11. The van der Waals surface area contributed by atoms with Gasteiger partial charge >= 0.3 is 0 Å². The first kappa shape index (κ1) is 19.7. The van der Waals surface area contributed by atoms with E-state index in [4.69, 9.17) is 23.2 Å². The molecule has 2 aromatic rings. The Bertz CT molecular complexity index is 899. The van der Waals surface area contributed by atoms with E-state index in [1.54, 1.807) is 18.2 Å². The number of rotatable bonds is 5. The molecule has 0 fully saturated rings. The first-order chi connectivity index (χ1) is 11.6. The summed E-state index contributed by atoms with van der Waals surface area (Å²) in [4.78, 5) is 12.4. The third-order valence-electron chi connectivity index (χ3n) is 3.65. The molecule has 0 spiro atoms. The molecule has 0 aliphatic heterocycles. The normalized spacial score (nSPS) is 12.9. The predicted molar refractivity (Wildman–Crippen MR) is 99.7 cm³/mol. The zero-order chi connectivity index (χ0) is 18.8. The van der Waals surface area contributed by atoms with Crippen LogP contribution >= 0.6 is 23.2 Å². The van der Waals surface area contributed by atoms with Gasteiger partial charge in [-0.1, -0.05) is 35.3 Å². The molecule has 8 heteroatoms. The predicted octanol–water partition coefficient (Wildman–Crippen LogP) is 3.73. The summed E-state index contributed by atoms with van der Waals surface area (Å²) in [6.07, 6.45) is 0. The third kappa shape index (κ3) is 4.52. The Balaban J connectivity index is 2.28. The first-order valence-electron chi connectivity index (χ1n) is 7.41. The summed E-state index contributed by atoms with van der Waals surface area (Å²) in [5.74, 6) is -0.403. The number of nitrogens with one attached hydrogen (secondary N) is 1. The number of halogens is 2. The van der Waals surface area contributed by atoms with Gasteiger partial charge in [0, 0.05) is 24.7 Å². The van der Waals surface area contributed by atoms with Gasteiger partial charge in [0.2, 0.25) is 10.0 Å². The van der Waals surface area contributed by atoms with Crippen molar-refractivity contribution < 1.29 is 13.2 Å². The van der Waals surface area contributed by atoms with Crippen LogP contribution in [0.2, 0.25) is 10.0 Å². The largest absolute Gasteiger partial charge is 0.346 e. The van der Waals surface area contributed by atoms with Crippen LogP contribution in [0.25, 0.3) is 0 Å². The van der Waals surface area contributed by atoms with Gasteiger partial charge in [0.1, 0.15) is 4.90 Å². The second kappa shape index (κ2) is 7.74. The quantitative estimate of drug-likeness (QED) is 0.830. The molecule has 0 saturated carbocycles. The summed E-state index contributed by atoms with van der Waals surface area (Å²) in [5, 5.41) is 3.45. The molecule has 25 heavy (non-hydrogen) atoms. The highest BCUT2D eigenvalue weighted by Gasteiger charge is 2.23. The number of hydrogen-bond donors (Lipinski definition) is 1. The van der Waals surface area contributed by atoms with Gasteiger partial charge in [0.05, 0.1) is 11.1 Å². The van der Waals surface area contributed by atoms with Gasteiger partial charge in [0.15, 0.2) is 0 Å². The third-order valence-corrected chi connectivity index (χ3v) is 6.18. The Labute approximate surface area is 157 Å². The van der Waals surface area contributed by atoms with Crippen molar-refractivity contribution >= 4 is 39.1 Å². The van der Waals surface area contributed by atoms with E-state index in [2.05, 4.69) is 5.32 Å². The number of nitrogens with zero attached hydrogens (tertiary/aromatic N) is 1. The average molecular weight is 401 g/mol. The van der Waals surface area contributed by atoms with Crippen molar-refractivity contribution in [3.63, 3.8) is 0 Å². The number of amides is 1. The molecular weight excluding hydrogens is 383 g/mol. The van der Waals surface area contributed by atoms with E-state index in [-0.39, 0.29) is 21.5 Å². The van der Waals surface area contributed by atoms with E-state index in [0.29, 0.717) is 5.02 Å². The molecular formula is C17H18Cl2N2O3S. The molecule has 0 unspecified atom stereocenters. The SMILES string of the molecule is C[C@H](NC(=O)c1ccc(Cl)c(S(=O)(=O)N(C)C)c1)c1cccc(Cl)c1. The van der Waals surface area contributed by atoms with Crippen LogP contribution in [-0.4, -0.2) is 32.7 Å². The van der Waals surface area contributed by atoms with E-state index < -0.39 is 15.9 Å². The minimum atomic E-state index is -3.75. The van der Waals surface area contributed by atoms with Gasteiger partial charge in [0.25, 0.3) is 5.91 Å². The van der Waals surface area contributed by atoms with Crippen LogP contribution in [0.3, 0.4) is 0 Å². The van der Waals surface area contributed by atoms with Gasteiger partial charge in [-0.3, -0.25) is 4.79 Å². The van der Waals surface area contributed by atoms with Gasteiger partial charge in [-0.25, -0.2) is 12.7 Å². The van der Waals surface area contributed by atoms with Gasteiger partial charge in [-0.15, -0.1) is 0 Å². The molecule has 5 nitrogen and oxygen atoms in total. The molecule has 2 aromatic carbocycles. The fourth-order valence-electron chi connectivity index (χ4n) is 2.18. The fourth-order valence-corrected chi connectivity index (χ4v) is 3.77. The molecule has 0 heterocycles. The van der Waals surface area contributed by atoms with E-state index in [1.807, 2.05) is 13.0 Å². The zero-order valence-corrected chi connectivity index (χ0v) is 16.3. The average Bonchev–Trinajstić information content (AvgIpc) is 2.54. The lowest BCUT2D eigenvalue weighted by Crippen LogP contribution is -2.27. The van der Waals surface area contributed by atoms with E-state index >= 15 is 0 Å². The van der Waals surface area contributed by atoms with Crippen molar-refractivity contribution in [2.24, 2.45) is 0 Å². The van der Waals surface area contributed by atoms with E-state index in [0.717, 1.165) is 9.87 Å². The highest BCUT2D eigenvalue weighted by molar-refractivity contribution is 7.89. The van der Waals surface area contributed by atoms with Crippen molar-refractivity contribution in [3.05, 3.63) is 63.6 Å². The molecule has 2 rings (SSSR count). The van der Waals surface area contributed by atoms with Crippen LogP contribution in [0.5, 0.6) is 0 Å². The summed E-state index contributed by atoms with van der Waals surface area (Å²) in [6, 6.07) is 11.0. The Morgan fingerprint density at radius 2 is 1.80 bits per heavy atom. The van der Waals surface area contributed by atoms with Crippen LogP contribution in [0.1, 0.15) is 28.9 Å². The van der Waals surface area contributed by atoms with Crippen LogP contribution in [0.4, 0.5) is 0 Å². The molecule has 0 saturated heterocycles. The molecule has 134 valence electrons. The fraction of sp³-hybridized carbons (Fsp3) is 0.235. The van der Waals surface area contributed by atoms with Crippen LogP contribution in [0, 0.1) is 0 Å². The number of hydrogen-bond acceptors (Lipinski definition) is 3. The molecule has 0 bridgehead atoms. The van der Waals surface area contributed by atoms with Crippen molar-refractivity contribution in [1.29, 1.82) is 0 Å². The Hall–Kier alpha value is -1.60. The highest BCUT2D eigenvalue weighted by atomic mass is 35.5. The van der Waals surface area contributed by atoms with Crippen LogP contribution in [-0.2, 0) is 10.0 Å². The standard InChI is InChI=1S/C17H18Cl2N2O3S/c1-11(12-5-4-6-14(18)9-12)20-17(22)13-7-8-15(19)16(10-13)25(23,24)21(2)3/h4-11H,1-3H3,(H,20,22)/t11-/m0/s1. The minimum Gasteiger partial charge on any atom is -0.346 e. The lowest BCUT2D eigenvalue weighted by atomic mass is 10.1. The summed E-state index contributed by atoms with van der Waals surface area (Å²) in [7, 11) is -0.941. The molecule has 1 atom stereocenters. The topological polar surface area (TPSA) is 66.5 Å². The van der Waals surface area contributed by atoms with Gasteiger partial charge in [-0.05, 0) is 42.8 Å². The number of benzene rings is 2. The maximum absolute atomic E-state index is 12.5. The van der Waals surface area contributed by atoms with Crippen LogP contribution < -0.4 is 5.32 Å². The first-order valence-corrected chi connectivity index (χ1v) is 9.61. The summed E-state index contributed by atoms with van der Waals surface area (Å²) in [5.41, 5.74) is 1.05. The van der Waals surface area contributed by atoms with Crippen molar-refractivity contribution in [1.82, 2.24) is 9.62 Å². The smallest absolute Gasteiger partial charge is 0.251 e. The highest BCUT2D eigenvalue weighted by Crippen LogP contribution is 2.25. The summed E-state index contributed by atoms with van der Waals surface area (Å²) >= 11 is 12.0. The summed E-state index contributed by atoms with van der Waals surface area (Å²) in [6.45, 7) is 1.82. The van der Waals surface area contributed by atoms with Crippen molar-refractivity contribution in [3.8, 4) is 0 Å². The zero-order valence-electron chi connectivity index (χ0n) is 14.0. The lowest BCUT2D eigenvalue weighted by Gasteiger charge is -2.16. The Morgan fingerprint density at radius 1 is 1.12 bits per heavy atom. The maximum Gasteiger partial charge on any atom is 0.251 e. The molecule has 0 aliphatic carbocycles. The summed E-state index contributed by atoms with van der Waals surface area (Å²) < 4.78 is 25.7. The maximum atomic E-state index is 12.5.